The normalized spacial score (nSPS) is 13.7. The van der Waals surface area contributed by atoms with Crippen molar-refractivity contribution in [3.05, 3.63) is 18.2 Å². The number of rotatable bonds is 3. The van der Waals surface area contributed by atoms with Gasteiger partial charge in [0.25, 0.3) is 0 Å². The molecule has 0 heterocycles. The van der Waals surface area contributed by atoms with E-state index in [9.17, 15) is 0 Å². The van der Waals surface area contributed by atoms with Gasteiger partial charge in [-0.25, -0.2) is 0 Å². The molecule has 0 aromatic rings. The van der Waals surface area contributed by atoms with Crippen LogP contribution >= 0.6 is 0 Å². The van der Waals surface area contributed by atoms with Crippen molar-refractivity contribution in [2.75, 3.05) is 0 Å². The molecule has 0 aromatic carbocycles. The van der Waals surface area contributed by atoms with Gasteiger partial charge in [0.15, 0.2) is 0 Å². The Morgan fingerprint density at radius 3 is 2.30 bits per heavy atom. The SMILES string of the molecule is [CH2]CC(N)=C(C)CC(C)C. The van der Waals surface area contributed by atoms with Crippen LogP contribution in [0.15, 0.2) is 11.3 Å². The van der Waals surface area contributed by atoms with E-state index in [1.807, 2.05) is 0 Å². The molecule has 10 heavy (non-hydrogen) atoms. The second-order valence-corrected chi connectivity index (χ2v) is 3.15. The molecule has 1 radical (unpaired) electrons. The van der Waals surface area contributed by atoms with Crippen molar-refractivity contribution in [3.63, 3.8) is 0 Å². The van der Waals surface area contributed by atoms with Crippen LogP contribution in [-0.2, 0) is 0 Å². The summed E-state index contributed by atoms with van der Waals surface area (Å²) in [6.07, 6.45) is 1.83. The van der Waals surface area contributed by atoms with Crippen molar-refractivity contribution in [3.8, 4) is 0 Å². The lowest BCUT2D eigenvalue weighted by molar-refractivity contribution is 0.636. The summed E-state index contributed by atoms with van der Waals surface area (Å²) in [5, 5.41) is 0. The van der Waals surface area contributed by atoms with Gasteiger partial charge in [-0.1, -0.05) is 19.4 Å². The molecule has 2 N–H and O–H groups in total. The van der Waals surface area contributed by atoms with Gasteiger partial charge in [-0.3, -0.25) is 0 Å². The van der Waals surface area contributed by atoms with Gasteiger partial charge < -0.3 is 5.73 Å². The summed E-state index contributed by atoms with van der Waals surface area (Å²) in [7, 11) is 0. The molecule has 0 aliphatic rings. The molecule has 0 amide bonds. The maximum atomic E-state index is 5.68. The van der Waals surface area contributed by atoms with E-state index in [2.05, 4.69) is 27.7 Å². The molecule has 0 bridgehead atoms. The Morgan fingerprint density at radius 2 is 2.00 bits per heavy atom. The van der Waals surface area contributed by atoms with Crippen LogP contribution in [0.2, 0.25) is 0 Å². The highest BCUT2D eigenvalue weighted by Crippen LogP contribution is 2.12. The second-order valence-electron chi connectivity index (χ2n) is 3.15. The van der Waals surface area contributed by atoms with Crippen molar-refractivity contribution in [1.29, 1.82) is 0 Å². The highest BCUT2D eigenvalue weighted by Gasteiger charge is 1.98. The molecule has 1 heteroatoms. The standard InChI is InChI=1S/C9H18N/c1-5-9(10)8(4)6-7(2)3/h7H,1,5-6,10H2,2-4H3. The van der Waals surface area contributed by atoms with E-state index in [-0.39, 0.29) is 0 Å². The maximum Gasteiger partial charge on any atom is 0.00696 e. The molecule has 0 aliphatic heterocycles. The zero-order valence-electron chi connectivity index (χ0n) is 7.28. The summed E-state index contributed by atoms with van der Waals surface area (Å²) >= 11 is 0. The van der Waals surface area contributed by atoms with E-state index >= 15 is 0 Å². The average Bonchev–Trinajstić information content (AvgIpc) is 1.85. The molecular formula is C9H18N. The summed E-state index contributed by atoms with van der Waals surface area (Å²) in [6, 6.07) is 0. The van der Waals surface area contributed by atoms with Crippen LogP contribution < -0.4 is 5.73 Å². The third-order valence-electron chi connectivity index (χ3n) is 1.53. The van der Waals surface area contributed by atoms with E-state index in [1.54, 1.807) is 0 Å². The lowest BCUT2D eigenvalue weighted by Crippen LogP contribution is -2.01. The fourth-order valence-corrected chi connectivity index (χ4v) is 0.957. The predicted molar refractivity (Wildman–Crippen MR) is 46.3 cm³/mol. The van der Waals surface area contributed by atoms with Gasteiger partial charge in [-0.05, 0) is 32.6 Å². The topological polar surface area (TPSA) is 26.0 Å². The van der Waals surface area contributed by atoms with E-state index in [0.29, 0.717) is 5.92 Å². The van der Waals surface area contributed by atoms with E-state index in [0.717, 1.165) is 18.5 Å². The molecular weight excluding hydrogens is 122 g/mol. The summed E-state index contributed by atoms with van der Waals surface area (Å²) in [4.78, 5) is 0. The van der Waals surface area contributed by atoms with Crippen LogP contribution in [0.1, 0.15) is 33.6 Å². The van der Waals surface area contributed by atoms with Gasteiger partial charge in [0.05, 0.1) is 0 Å². The quantitative estimate of drug-likeness (QED) is 0.640. The van der Waals surface area contributed by atoms with Crippen LogP contribution in [0.3, 0.4) is 0 Å². The Balaban J connectivity index is 3.92. The monoisotopic (exact) mass is 140 g/mol. The van der Waals surface area contributed by atoms with Gasteiger partial charge in [0.2, 0.25) is 0 Å². The molecule has 59 valence electrons. The highest BCUT2D eigenvalue weighted by molar-refractivity contribution is 5.09. The molecule has 0 unspecified atom stereocenters. The Labute approximate surface area is 64.3 Å². The maximum absolute atomic E-state index is 5.68. The minimum atomic E-state index is 0.699. The second kappa shape index (κ2) is 4.37. The predicted octanol–water partition coefficient (Wildman–Crippen LogP) is 2.49. The molecule has 0 saturated heterocycles. The highest BCUT2D eigenvalue weighted by atomic mass is 14.6. The fraction of sp³-hybridized carbons (Fsp3) is 0.667. The van der Waals surface area contributed by atoms with Crippen LogP contribution in [0.25, 0.3) is 0 Å². The summed E-state index contributed by atoms with van der Waals surface area (Å²) in [5.41, 5.74) is 7.93. The van der Waals surface area contributed by atoms with Gasteiger partial charge >= 0.3 is 0 Å². The minimum absolute atomic E-state index is 0.699. The van der Waals surface area contributed by atoms with Gasteiger partial charge in [0.1, 0.15) is 0 Å². The van der Waals surface area contributed by atoms with Crippen molar-refractivity contribution in [2.45, 2.75) is 33.6 Å². The van der Waals surface area contributed by atoms with Crippen molar-refractivity contribution in [1.82, 2.24) is 0 Å². The first-order valence-corrected chi connectivity index (χ1v) is 3.81. The van der Waals surface area contributed by atoms with Gasteiger partial charge in [0, 0.05) is 5.70 Å². The Bertz CT molecular complexity index is 123. The molecule has 0 atom stereocenters. The van der Waals surface area contributed by atoms with Crippen molar-refractivity contribution >= 4 is 0 Å². The summed E-state index contributed by atoms with van der Waals surface area (Å²) in [6.45, 7) is 10.2. The number of hydrogen-bond donors (Lipinski definition) is 1. The van der Waals surface area contributed by atoms with E-state index < -0.39 is 0 Å². The average molecular weight is 140 g/mol. The van der Waals surface area contributed by atoms with Crippen LogP contribution in [-0.4, -0.2) is 0 Å². The lowest BCUT2D eigenvalue weighted by atomic mass is 10.0. The van der Waals surface area contributed by atoms with Gasteiger partial charge in [-0.2, -0.15) is 0 Å². The first kappa shape index (κ1) is 9.54. The first-order valence-electron chi connectivity index (χ1n) is 3.81. The summed E-state index contributed by atoms with van der Waals surface area (Å²) < 4.78 is 0. The van der Waals surface area contributed by atoms with E-state index in [1.165, 1.54) is 5.57 Å². The third kappa shape index (κ3) is 3.54. The molecule has 0 aromatic heterocycles. The van der Waals surface area contributed by atoms with Crippen LogP contribution in [0, 0.1) is 12.8 Å². The zero-order valence-corrected chi connectivity index (χ0v) is 7.28. The first-order chi connectivity index (χ1) is 4.57. The molecule has 0 aliphatic carbocycles. The zero-order chi connectivity index (χ0) is 8.15. The third-order valence-corrected chi connectivity index (χ3v) is 1.53. The van der Waals surface area contributed by atoms with Gasteiger partial charge in [-0.15, -0.1) is 0 Å². The Morgan fingerprint density at radius 1 is 1.50 bits per heavy atom. The molecule has 0 spiro atoms. The van der Waals surface area contributed by atoms with Crippen molar-refractivity contribution < 1.29 is 0 Å². The Kier molecular flexibility index (Phi) is 4.17. The number of hydrogen-bond acceptors (Lipinski definition) is 1. The minimum Gasteiger partial charge on any atom is -0.402 e. The van der Waals surface area contributed by atoms with Crippen LogP contribution in [0.5, 0.6) is 0 Å². The molecule has 0 fully saturated rings. The molecule has 0 rings (SSSR count). The largest absolute Gasteiger partial charge is 0.402 e. The lowest BCUT2D eigenvalue weighted by Gasteiger charge is -2.07. The van der Waals surface area contributed by atoms with Crippen molar-refractivity contribution in [2.24, 2.45) is 11.7 Å². The molecule has 1 nitrogen and oxygen atoms in total. The van der Waals surface area contributed by atoms with Crippen LogP contribution in [0.4, 0.5) is 0 Å². The fourth-order valence-electron chi connectivity index (χ4n) is 0.957. The Hall–Kier alpha value is -0.460. The number of nitrogens with two attached hydrogens (primary N) is 1. The molecule has 0 saturated carbocycles. The number of allylic oxidation sites excluding steroid dienone is 2. The smallest absolute Gasteiger partial charge is 0.00696 e. The van der Waals surface area contributed by atoms with E-state index in [4.69, 9.17) is 5.73 Å². The summed E-state index contributed by atoms with van der Waals surface area (Å²) in [5.74, 6) is 0.699.